The lowest BCUT2D eigenvalue weighted by atomic mass is 10.1. The van der Waals surface area contributed by atoms with E-state index in [0.717, 1.165) is 36.8 Å². The molecule has 0 bridgehead atoms. The summed E-state index contributed by atoms with van der Waals surface area (Å²) in [6, 6.07) is 5.68. The predicted octanol–water partition coefficient (Wildman–Crippen LogP) is 2.04. The summed E-state index contributed by atoms with van der Waals surface area (Å²) < 4.78 is 16.2. The smallest absolute Gasteiger partial charge is 0.231 e. The normalized spacial score (nSPS) is 14.7. The topological polar surface area (TPSA) is 39.7 Å². The zero-order valence-electron chi connectivity index (χ0n) is 10.4. The van der Waals surface area contributed by atoms with Crippen molar-refractivity contribution in [3.05, 3.63) is 18.2 Å². The van der Waals surface area contributed by atoms with Crippen LogP contribution in [0.15, 0.2) is 18.2 Å². The molecular formula is C13H19NO3. The first-order valence-corrected chi connectivity index (χ1v) is 5.96. The van der Waals surface area contributed by atoms with E-state index < -0.39 is 0 Å². The van der Waals surface area contributed by atoms with Gasteiger partial charge in [-0.15, -0.1) is 0 Å². The van der Waals surface area contributed by atoms with Crippen molar-refractivity contribution in [1.29, 1.82) is 0 Å². The molecule has 0 aliphatic carbocycles. The minimum atomic E-state index is 0.304. The Bertz CT molecular complexity index is 368. The first kappa shape index (κ1) is 12.0. The average Bonchev–Trinajstić information content (AvgIpc) is 2.76. The molecule has 1 unspecified atom stereocenters. The van der Waals surface area contributed by atoms with Crippen molar-refractivity contribution < 1.29 is 14.2 Å². The van der Waals surface area contributed by atoms with Crippen LogP contribution in [0.5, 0.6) is 17.2 Å². The highest BCUT2D eigenvalue weighted by Crippen LogP contribution is 2.35. The van der Waals surface area contributed by atoms with Crippen LogP contribution in [0.3, 0.4) is 0 Å². The van der Waals surface area contributed by atoms with Crippen LogP contribution in [0.4, 0.5) is 0 Å². The van der Waals surface area contributed by atoms with Gasteiger partial charge < -0.3 is 19.5 Å². The van der Waals surface area contributed by atoms with Crippen LogP contribution in [0.2, 0.25) is 0 Å². The molecule has 94 valence electrons. The summed E-state index contributed by atoms with van der Waals surface area (Å²) in [6.45, 7) is 4.25. The molecule has 0 radical (unpaired) electrons. The second-order valence-electron chi connectivity index (χ2n) is 4.32. The molecule has 0 saturated heterocycles. The third kappa shape index (κ3) is 3.27. The van der Waals surface area contributed by atoms with Crippen LogP contribution < -0.4 is 19.5 Å². The van der Waals surface area contributed by atoms with E-state index in [2.05, 4.69) is 12.2 Å². The van der Waals surface area contributed by atoms with Gasteiger partial charge in [0.25, 0.3) is 0 Å². The number of hydrogen-bond acceptors (Lipinski definition) is 4. The molecule has 4 heteroatoms. The summed E-state index contributed by atoms with van der Waals surface area (Å²) in [5, 5.41) is 3.16. The second kappa shape index (κ2) is 5.77. The fourth-order valence-corrected chi connectivity index (χ4v) is 1.80. The third-order valence-electron chi connectivity index (χ3n) is 2.78. The molecule has 1 aliphatic heterocycles. The van der Waals surface area contributed by atoms with Crippen molar-refractivity contribution in [3.63, 3.8) is 0 Å². The van der Waals surface area contributed by atoms with Crippen LogP contribution in [-0.4, -0.2) is 27.0 Å². The molecule has 4 nitrogen and oxygen atoms in total. The van der Waals surface area contributed by atoms with Gasteiger partial charge in [-0.2, -0.15) is 0 Å². The van der Waals surface area contributed by atoms with E-state index in [1.54, 1.807) is 0 Å². The molecule has 2 rings (SSSR count). The second-order valence-corrected chi connectivity index (χ2v) is 4.32. The highest BCUT2D eigenvalue weighted by atomic mass is 16.7. The molecule has 0 amide bonds. The largest absolute Gasteiger partial charge is 0.493 e. The maximum Gasteiger partial charge on any atom is 0.231 e. The maximum absolute atomic E-state index is 5.68. The van der Waals surface area contributed by atoms with Crippen molar-refractivity contribution >= 4 is 0 Å². The summed E-state index contributed by atoms with van der Waals surface area (Å²) in [5.74, 6) is 3.02. The van der Waals surface area contributed by atoms with E-state index in [4.69, 9.17) is 14.2 Å². The molecule has 0 saturated carbocycles. The molecule has 1 aromatic rings. The maximum atomic E-state index is 5.68. The standard InChI is InChI=1S/C13H19NO3/c1-10(8-14-2)5-6-15-11-3-4-12-13(7-11)17-9-16-12/h3-4,7,10,14H,5-6,8-9H2,1-2H3. The van der Waals surface area contributed by atoms with E-state index in [1.807, 2.05) is 25.2 Å². The van der Waals surface area contributed by atoms with Crippen LogP contribution in [0, 0.1) is 5.92 Å². The molecule has 0 fully saturated rings. The minimum absolute atomic E-state index is 0.304. The Morgan fingerprint density at radius 1 is 1.35 bits per heavy atom. The van der Waals surface area contributed by atoms with Crippen molar-refractivity contribution in [2.45, 2.75) is 13.3 Å². The van der Waals surface area contributed by atoms with E-state index in [-0.39, 0.29) is 0 Å². The van der Waals surface area contributed by atoms with Crippen LogP contribution >= 0.6 is 0 Å². The Morgan fingerprint density at radius 3 is 3.00 bits per heavy atom. The molecule has 0 aromatic heterocycles. The van der Waals surface area contributed by atoms with Gasteiger partial charge in [-0.25, -0.2) is 0 Å². The highest BCUT2D eigenvalue weighted by Gasteiger charge is 2.13. The monoisotopic (exact) mass is 237 g/mol. The molecule has 1 aliphatic rings. The number of nitrogens with one attached hydrogen (secondary N) is 1. The molecule has 1 heterocycles. The molecule has 1 aromatic carbocycles. The molecular weight excluding hydrogens is 218 g/mol. The number of fused-ring (bicyclic) bond motifs is 1. The quantitative estimate of drug-likeness (QED) is 0.822. The highest BCUT2D eigenvalue weighted by molar-refractivity contribution is 5.46. The fourth-order valence-electron chi connectivity index (χ4n) is 1.80. The number of hydrogen-bond donors (Lipinski definition) is 1. The van der Waals surface area contributed by atoms with Crippen molar-refractivity contribution in [3.8, 4) is 17.2 Å². The fraction of sp³-hybridized carbons (Fsp3) is 0.538. The van der Waals surface area contributed by atoms with Gasteiger partial charge in [0.2, 0.25) is 6.79 Å². The first-order valence-electron chi connectivity index (χ1n) is 5.96. The van der Waals surface area contributed by atoms with Gasteiger partial charge in [-0.3, -0.25) is 0 Å². The van der Waals surface area contributed by atoms with Gasteiger partial charge in [-0.05, 0) is 38.1 Å². The van der Waals surface area contributed by atoms with Gasteiger partial charge in [-0.1, -0.05) is 6.92 Å². The molecule has 17 heavy (non-hydrogen) atoms. The molecule has 1 N–H and O–H groups in total. The number of benzene rings is 1. The summed E-state index contributed by atoms with van der Waals surface area (Å²) in [4.78, 5) is 0. The molecule has 1 atom stereocenters. The van der Waals surface area contributed by atoms with E-state index in [1.165, 1.54) is 0 Å². The van der Waals surface area contributed by atoms with Crippen molar-refractivity contribution in [1.82, 2.24) is 5.32 Å². The number of rotatable bonds is 6. The van der Waals surface area contributed by atoms with Crippen molar-refractivity contribution in [2.24, 2.45) is 5.92 Å². The van der Waals surface area contributed by atoms with Crippen LogP contribution in [0.25, 0.3) is 0 Å². The Labute approximate surface area is 102 Å². The number of ether oxygens (including phenoxy) is 3. The van der Waals surface area contributed by atoms with E-state index in [0.29, 0.717) is 12.7 Å². The SMILES string of the molecule is CNCC(C)CCOc1ccc2c(c1)OCO2. The van der Waals surface area contributed by atoms with Crippen LogP contribution in [-0.2, 0) is 0 Å². The average molecular weight is 237 g/mol. The minimum Gasteiger partial charge on any atom is -0.493 e. The van der Waals surface area contributed by atoms with Gasteiger partial charge in [0.1, 0.15) is 5.75 Å². The van der Waals surface area contributed by atoms with E-state index in [9.17, 15) is 0 Å². The first-order chi connectivity index (χ1) is 8.29. The Kier molecular flexibility index (Phi) is 4.09. The van der Waals surface area contributed by atoms with Crippen molar-refractivity contribution in [2.75, 3.05) is 27.0 Å². The summed E-state index contributed by atoms with van der Waals surface area (Å²) in [5.41, 5.74) is 0. The summed E-state index contributed by atoms with van der Waals surface area (Å²) in [6.07, 6.45) is 1.04. The lowest BCUT2D eigenvalue weighted by molar-refractivity contribution is 0.173. The van der Waals surface area contributed by atoms with Gasteiger partial charge >= 0.3 is 0 Å². The lowest BCUT2D eigenvalue weighted by Crippen LogP contribution is -2.18. The summed E-state index contributed by atoms with van der Waals surface area (Å²) >= 11 is 0. The zero-order valence-corrected chi connectivity index (χ0v) is 10.4. The zero-order chi connectivity index (χ0) is 12.1. The Hall–Kier alpha value is -1.42. The third-order valence-corrected chi connectivity index (χ3v) is 2.78. The summed E-state index contributed by atoms with van der Waals surface area (Å²) in [7, 11) is 1.97. The van der Waals surface area contributed by atoms with Gasteiger partial charge in [0, 0.05) is 6.07 Å². The van der Waals surface area contributed by atoms with E-state index >= 15 is 0 Å². The Morgan fingerprint density at radius 2 is 2.18 bits per heavy atom. The Balaban J connectivity index is 1.79. The molecule has 0 spiro atoms. The lowest BCUT2D eigenvalue weighted by Gasteiger charge is -2.11. The van der Waals surface area contributed by atoms with Gasteiger partial charge in [0.15, 0.2) is 11.5 Å². The predicted molar refractivity (Wildman–Crippen MR) is 65.8 cm³/mol. The van der Waals surface area contributed by atoms with Gasteiger partial charge in [0.05, 0.1) is 6.61 Å². The van der Waals surface area contributed by atoms with Crippen LogP contribution in [0.1, 0.15) is 13.3 Å².